The third kappa shape index (κ3) is 3.56. The van der Waals surface area contributed by atoms with E-state index in [-0.39, 0.29) is 0 Å². The van der Waals surface area contributed by atoms with Gasteiger partial charge in [0.1, 0.15) is 0 Å². The van der Waals surface area contributed by atoms with Gasteiger partial charge in [-0.15, -0.1) is 11.6 Å². The Bertz CT molecular complexity index is 571. The Morgan fingerprint density at radius 1 is 1.35 bits per heavy atom. The summed E-state index contributed by atoms with van der Waals surface area (Å²) in [5.74, 6) is 0.868. The van der Waals surface area contributed by atoms with Gasteiger partial charge in [0.2, 0.25) is 10.0 Å². The second-order valence-electron chi connectivity index (χ2n) is 5.33. The maximum atomic E-state index is 12.6. The minimum absolute atomic E-state index is 0.312. The first kappa shape index (κ1) is 16.3. The first-order chi connectivity index (χ1) is 9.45. The zero-order valence-electron chi connectivity index (χ0n) is 11.5. The Balaban J connectivity index is 2.20. The lowest BCUT2D eigenvalue weighted by Gasteiger charge is -2.21. The molecule has 0 radical (unpaired) electrons. The maximum absolute atomic E-state index is 12.6. The van der Waals surface area contributed by atoms with Crippen LogP contribution in [0.15, 0.2) is 27.6 Å². The molecule has 0 aromatic heterocycles. The monoisotopic (exact) mass is 379 g/mol. The Hall–Kier alpha value is -0.100. The van der Waals surface area contributed by atoms with Crippen LogP contribution in [-0.2, 0) is 15.9 Å². The third-order valence-electron chi connectivity index (χ3n) is 3.83. The molecule has 0 N–H and O–H groups in total. The van der Waals surface area contributed by atoms with Gasteiger partial charge in [-0.1, -0.05) is 18.9 Å². The average molecular weight is 381 g/mol. The predicted octanol–water partition coefficient (Wildman–Crippen LogP) is 4.00. The third-order valence-corrected chi connectivity index (χ3v) is 6.94. The summed E-state index contributed by atoms with van der Waals surface area (Å²) >= 11 is 9.10. The highest BCUT2D eigenvalue weighted by molar-refractivity contribution is 9.10. The van der Waals surface area contributed by atoms with E-state index in [9.17, 15) is 8.42 Å². The second-order valence-corrected chi connectivity index (χ2v) is 8.47. The molecule has 1 aromatic carbocycles. The lowest BCUT2D eigenvalue weighted by molar-refractivity contribution is 0.387. The zero-order chi connectivity index (χ0) is 14.8. The van der Waals surface area contributed by atoms with Crippen molar-refractivity contribution < 1.29 is 8.42 Å². The van der Waals surface area contributed by atoms with Crippen molar-refractivity contribution in [3.05, 3.63) is 28.2 Å². The summed E-state index contributed by atoms with van der Waals surface area (Å²) < 4.78 is 27.3. The molecular weight excluding hydrogens is 362 g/mol. The summed E-state index contributed by atoms with van der Waals surface area (Å²) in [6, 6.07) is 5.15. The molecule has 0 aliphatic heterocycles. The Morgan fingerprint density at radius 3 is 2.55 bits per heavy atom. The smallest absolute Gasteiger partial charge is 0.207 e. The van der Waals surface area contributed by atoms with Crippen LogP contribution in [0.3, 0.4) is 0 Å². The van der Waals surface area contributed by atoms with E-state index in [1.807, 2.05) is 0 Å². The van der Waals surface area contributed by atoms with Crippen LogP contribution < -0.4 is 0 Å². The SMILES string of the molecule is CN(CC1CCCC1)S(=O)(=O)c1ccc(CCl)cc1Br. The lowest BCUT2D eigenvalue weighted by atomic mass is 10.1. The standard InChI is InChI=1S/C14H19BrClNO2S/c1-17(10-11-4-2-3-5-11)20(18,19)14-7-6-12(9-16)8-13(14)15/h6-8,11H,2-5,9-10H2,1H3. The molecule has 1 saturated carbocycles. The van der Waals surface area contributed by atoms with Gasteiger partial charge in [-0.05, 0) is 52.4 Å². The number of hydrogen-bond donors (Lipinski definition) is 0. The van der Waals surface area contributed by atoms with Crippen LogP contribution in [0.2, 0.25) is 0 Å². The molecule has 1 aliphatic rings. The first-order valence-electron chi connectivity index (χ1n) is 6.76. The van der Waals surface area contributed by atoms with E-state index in [0.717, 1.165) is 18.4 Å². The number of rotatable bonds is 5. The summed E-state index contributed by atoms with van der Waals surface area (Å²) in [6.45, 7) is 0.603. The minimum atomic E-state index is -3.44. The van der Waals surface area contributed by atoms with Gasteiger partial charge in [-0.3, -0.25) is 0 Å². The van der Waals surface area contributed by atoms with Crippen LogP contribution in [0.1, 0.15) is 31.2 Å². The quantitative estimate of drug-likeness (QED) is 0.724. The molecule has 0 heterocycles. The Kier molecular flexibility index (Phi) is 5.51. The molecule has 0 bridgehead atoms. The molecule has 0 saturated heterocycles. The van der Waals surface area contributed by atoms with E-state index in [0.29, 0.717) is 27.7 Å². The molecule has 112 valence electrons. The number of halogens is 2. The number of sulfonamides is 1. The molecule has 0 unspecified atom stereocenters. The Morgan fingerprint density at radius 2 is 2.00 bits per heavy atom. The normalized spacial score (nSPS) is 17.0. The predicted molar refractivity (Wildman–Crippen MR) is 85.5 cm³/mol. The van der Waals surface area contributed by atoms with Gasteiger partial charge < -0.3 is 0 Å². The van der Waals surface area contributed by atoms with Crippen LogP contribution in [-0.4, -0.2) is 26.3 Å². The van der Waals surface area contributed by atoms with Crippen LogP contribution in [0.25, 0.3) is 0 Å². The van der Waals surface area contributed by atoms with Gasteiger partial charge >= 0.3 is 0 Å². The van der Waals surface area contributed by atoms with Crippen LogP contribution >= 0.6 is 27.5 Å². The average Bonchev–Trinajstić information content (AvgIpc) is 2.91. The van der Waals surface area contributed by atoms with Crippen LogP contribution in [0.5, 0.6) is 0 Å². The molecule has 6 heteroatoms. The molecule has 3 nitrogen and oxygen atoms in total. The molecule has 0 atom stereocenters. The fourth-order valence-electron chi connectivity index (χ4n) is 2.66. The number of benzene rings is 1. The van der Waals surface area contributed by atoms with Crippen molar-refractivity contribution in [1.29, 1.82) is 0 Å². The number of hydrogen-bond acceptors (Lipinski definition) is 2. The van der Waals surface area contributed by atoms with Crippen molar-refractivity contribution >= 4 is 37.6 Å². The van der Waals surface area contributed by atoms with Gasteiger partial charge in [0.15, 0.2) is 0 Å². The van der Waals surface area contributed by atoms with Crippen molar-refractivity contribution in [2.45, 2.75) is 36.5 Å². The molecule has 1 aromatic rings. The van der Waals surface area contributed by atoms with Gasteiger partial charge in [0, 0.05) is 23.9 Å². The highest BCUT2D eigenvalue weighted by Crippen LogP contribution is 2.29. The van der Waals surface area contributed by atoms with Crippen molar-refractivity contribution in [3.63, 3.8) is 0 Å². The summed E-state index contributed by atoms with van der Waals surface area (Å²) in [7, 11) is -1.78. The fraction of sp³-hybridized carbons (Fsp3) is 0.571. The van der Waals surface area contributed by atoms with Crippen molar-refractivity contribution in [1.82, 2.24) is 4.31 Å². The van der Waals surface area contributed by atoms with Gasteiger partial charge in [0.05, 0.1) is 4.90 Å². The van der Waals surface area contributed by atoms with Gasteiger partial charge in [-0.2, -0.15) is 0 Å². The van der Waals surface area contributed by atoms with Crippen molar-refractivity contribution in [3.8, 4) is 0 Å². The highest BCUT2D eigenvalue weighted by atomic mass is 79.9. The van der Waals surface area contributed by atoms with E-state index < -0.39 is 10.0 Å². The summed E-state index contributed by atoms with van der Waals surface area (Å²) in [5.41, 5.74) is 0.899. The molecule has 1 fully saturated rings. The molecule has 1 aliphatic carbocycles. The Labute approximate surface area is 134 Å². The van der Waals surface area contributed by atoms with Crippen molar-refractivity contribution in [2.24, 2.45) is 5.92 Å². The lowest BCUT2D eigenvalue weighted by Crippen LogP contribution is -2.31. The van der Waals surface area contributed by atoms with E-state index >= 15 is 0 Å². The fourth-order valence-corrected chi connectivity index (χ4v) is 5.15. The van der Waals surface area contributed by atoms with Gasteiger partial charge in [-0.25, -0.2) is 12.7 Å². The molecule has 0 spiro atoms. The maximum Gasteiger partial charge on any atom is 0.243 e. The van der Waals surface area contributed by atoms with Crippen molar-refractivity contribution in [2.75, 3.05) is 13.6 Å². The largest absolute Gasteiger partial charge is 0.243 e. The summed E-state index contributed by atoms with van der Waals surface area (Å²) in [6.07, 6.45) is 4.69. The second kappa shape index (κ2) is 6.77. The first-order valence-corrected chi connectivity index (χ1v) is 9.52. The van der Waals surface area contributed by atoms with E-state index in [1.54, 1.807) is 25.2 Å². The van der Waals surface area contributed by atoms with Crippen LogP contribution in [0, 0.1) is 5.92 Å². The zero-order valence-corrected chi connectivity index (χ0v) is 14.6. The topological polar surface area (TPSA) is 37.4 Å². The van der Waals surface area contributed by atoms with E-state index in [1.165, 1.54) is 17.1 Å². The molecule has 20 heavy (non-hydrogen) atoms. The van der Waals surface area contributed by atoms with E-state index in [2.05, 4.69) is 15.9 Å². The highest BCUT2D eigenvalue weighted by Gasteiger charge is 2.27. The number of nitrogens with zero attached hydrogens (tertiary/aromatic N) is 1. The van der Waals surface area contributed by atoms with Crippen LogP contribution in [0.4, 0.5) is 0 Å². The van der Waals surface area contributed by atoms with E-state index in [4.69, 9.17) is 11.6 Å². The van der Waals surface area contributed by atoms with Gasteiger partial charge in [0.25, 0.3) is 0 Å². The number of alkyl halides is 1. The minimum Gasteiger partial charge on any atom is -0.207 e. The molecule has 2 rings (SSSR count). The molecule has 0 amide bonds. The summed E-state index contributed by atoms with van der Waals surface area (Å²) in [4.78, 5) is 0.312. The summed E-state index contributed by atoms with van der Waals surface area (Å²) in [5, 5.41) is 0. The molecular formula is C14H19BrClNO2S.